The number of aliphatic hydroxyl groups excluding tert-OH is 4. The third-order valence-corrected chi connectivity index (χ3v) is 1.39. The van der Waals surface area contributed by atoms with Gasteiger partial charge in [0.2, 0.25) is 6.41 Å². The van der Waals surface area contributed by atoms with Gasteiger partial charge in [-0.2, -0.15) is 0 Å². The number of hydrogen-bond acceptors (Lipinski definition) is 5. The van der Waals surface area contributed by atoms with Crippen LogP contribution in [-0.2, 0) is 4.79 Å². The fourth-order valence-corrected chi connectivity index (χ4v) is 0.654. The van der Waals surface area contributed by atoms with Gasteiger partial charge < -0.3 is 25.7 Å². The van der Waals surface area contributed by atoms with Gasteiger partial charge in [-0.3, -0.25) is 4.79 Å². The van der Waals surface area contributed by atoms with Gasteiger partial charge in [0.25, 0.3) is 0 Å². The largest absolute Gasteiger partial charge is 0.394 e. The van der Waals surface area contributed by atoms with Gasteiger partial charge in [-0.15, -0.1) is 0 Å². The summed E-state index contributed by atoms with van der Waals surface area (Å²) in [6.45, 7) is -0.805. The van der Waals surface area contributed by atoms with Crippen LogP contribution in [0.5, 0.6) is 0 Å². The van der Waals surface area contributed by atoms with Gasteiger partial charge in [0, 0.05) is 6.54 Å². The number of carbonyl (C=O) groups is 1. The molecule has 0 saturated carbocycles. The normalized spacial score (nSPS) is 18.0. The summed E-state index contributed by atoms with van der Waals surface area (Å²) in [5.41, 5.74) is 0. The molecule has 1 amide bonds. The maximum atomic E-state index is 9.76. The molecule has 72 valence electrons. The van der Waals surface area contributed by atoms with Crippen LogP contribution in [0.25, 0.3) is 0 Å². The zero-order chi connectivity index (χ0) is 9.56. The van der Waals surface area contributed by atoms with Crippen LogP contribution < -0.4 is 5.32 Å². The molecule has 0 aliphatic carbocycles. The van der Waals surface area contributed by atoms with Crippen molar-refractivity contribution in [2.24, 2.45) is 0 Å². The van der Waals surface area contributed by atoms with E-state index in [1.165, 1.54) is 0 Å². The Bertz CT molecular complexity index is 131. The van der Waals surface area contributed by atoms with Gasteiger partial charge in [0.1, 0.15) is 12.2 Å². The van der Waals surface area contributed by atoms with Crippen LogP contribution in [0.15, 0.2) is 0 Å². The van der Waals surface area contributed by atoms with Gasteiger partial charge in [0.05, 0.1) is 12.7 Å². The maximum Gasteiger partial charge on any atom is 0.207 e. The molecule has 12 heavy (non-hydrogen) atoms. The highest BCUT2D eigenvalue weighted by molar-refractivity contribution is 5.45. The number of hydrogen-bond donors (Lipinski definition) is 5. The van der Waals surface area contributed by atoms with Crippen LogP contribution in [-0.4, -0.2) is 58.3 Å². The summed E-state index contributed by atoms with van der Waals surface area (Å²) in [7, 11) is 0. The first kappa shape index (κ1) is 11.3. The molecule has 5 N–H and O–H groups in total. The molecule has 0 aliphatic heterocycles. The second kappa shape index (κ2) is 5.90. The first-order valence-electron chi connectivity index (χ1n) is 3.45. The predicted molar refractivity (Wildman–Crippen MR) is 39.2 cm³/mol. The van der Waals surface area contributed by atoms with Crippen molar-refractivity contribution >= 4 is 6.41 Å². The first-order chi connectivity index (χ1) is 5.63. The second-order valence-electron chi connectivity index (χ2n) is 2.33. The van der Waals surface area contributed by atoms with E-state index in [-0.39, 0.29) is 6.54 Å². The minimum atomic E-state index is -1.46. The standard InChI is InChI=1S/C6H13NO5/c8-2-5(11)6(12)4(10)1-7-3-9/h3-6,8,10-12H,1-2H2,(H,7,9)/t4-,5+,6+/m0/s1. The van der Waals surface area contributed by atoms with Crippen LogP contribution >= 0.6 is 0 Å². The zero-order valence-corrected chi connectivity index (χ0v) is 6.42. The lowest BCUT2D eigenvalue weighted by Gasteiger charge is -2.20. The molecule has 0 aromatic heterocycles. The van der Waals surface area contributed by atoms with Gasteiger partial charge >= 0.3 is 0 Å². The summed E-state index contributed by atoms with van der Waals surface area (Å²) in [6.07, 6.45) is -3.77. The van der Waals surface area contributed by atoms with Crippen molar-refractivity contribution in [2.75, 3.05) is 13.2 Å². The molecular weight excluding hydrogens is 166 g/mol. The number of amides is 1. The van der Waals surface area contributed by atoms with Crippen LogP contribution in [0.4, 0.5) is 0 Å². The van der Waals surface area contributed by atoms with E-state index in [1.54, 1.807) is 0 Å². The molecule has 6 heteroatoms. The number of aliphatic hydroxyl groups is 4. The molecule has 0 heterocycles. The molecule has 0 saturated heterocycles. The molecule has 3 atom stereocenters. The Balaban J connectivity index is 3.74. The number of rotatable bonds is 6. The van der Waals surface area contributed by atoms with Crippen molar-refractivity contribution in [1.29, 1.82) is 0 Å². The molecule has 0 bridgehead atoms. The highest BCUT2D eigenvalue weighted by atomic mass is 16.4. The van der Waals surface area contributed by atoms with Crippen molar-refractivity contribution in [2.45, 2.75) is 18.3 Å². The Morgan fingerprint density at radius 3 is 2.25 bits per heavy atom. The SMILES string of the molecule is O=CNC[C@H](O)[C@@H](O)[C@H](O)CO. The average Bonchev–Trinajstić information content (AvgIpc) is 2.11. The third-order valence-electron chi connectivity index (χ3n) is 1.39. The molecule has 0 radical (unpaired) electrons. The van der Waals surface area contributed by atoms with Crippen molar-refractivity contribution in [3.63, 3.8) is 0 Å². The summed E-state index contributed by atoms with van der Waals surface area (Å²) in [6, 6.07) is 0. The minimum Gasteiger partial charge on any atom is -0.394 e. The minimum absolute atomic E-state index is 0.165. The maximum absolute atomic E-state index is 9.76. The van der Waals surface area contributed by atoms with E-state index in [0.717, 1.165) is 0 Å². The van der Waals surface area contributed by atoms with E-state index < -0.39 is 24.9 Å². The van der Waals surface area contributed by atoms with Gasteiger partial charge in [-0.05, 0) is 0 Å². The van der Waals surface area contributed by atoms with Crippen LogP contribution in [0.3, 0.4) is 0 Å². The summed E-state index contributed by atoms with van der Waals surface area (Å²) in [4.78, 5) is 9.76. The Morgan fingerprint density at radius 2 is 1.83 bits per heavy atom. The van der Waals surface area contributed by atoms with Gasteiger partial charge in [-0.25, -0.2) is 0 Å². The average molecular weight is 179 g/mol. The Hall–Kier alpha value is -0.690. The first-order valence-corrected chi connectivity index (χ1v) is 3.45. The van der Waals surface area contributed by atoms with Crippen molar-refractivity contribution in [1.82, 2.24) is 5.32 Å². The molecule has 0 aromatic carbocycles. The lowest BCUT2D eigenvalue weighted by atomic mass is 10.1. The van der Waals surface area contributed by atoms with Crippen molar-refractivity contribution in [3.8, 4) is 0 Å². The van der Waals surface area contributed by atoms with E-state index in [4.69, 9.17) is 20.4 Å². The smallest absolute Gasteiger partial charge is 0.207 e. The molecule has 0 unspecified atom stereocenters. The molecule has 0 aliphatic rings. The molecule has 0 aromatic rings. The molecule has 0 fully saturated rings. The highest BCUT2D eigenvalue weighted by Gasteiger charge is 2.23. The molecular formula is C6H13NO5. The quantitative estimate of drug-likeness (QED) is 0.276. The third kappa shape index (κ3) is 3.63. The van der Waals surface area contributed by atoms with E-state index in [0.29, 0.717) is 6.41 Å². The molecule has 6 nitrogen and oxygen atoms in total. The Morgan fingerprint density at radius 1 is 1.25 bits per heavy atom. The van der Waals surface area contributed by atoms with Crippen molar-refractivity contribution in [3.05, 3.63) is 0 Å². The molecule has 0 rings (SSSR count). The molecule has 0 spiro atoms. The van der Waals surface area contributed by atoms with Crippen LogP contribution in [0.1, 0.15) is 0 Å². The van der Waals surface area contributed by atoms with E-state index >= 15 is 0 Å². The lowest BCUT2D eigenvalue weighted by molar-refractivity contribution is -0.111. The van der Waals surface area contributed by atoms with Gasteiger partial charge in [-0.1, -0.05) is 0 Å². The van der Waals surface area contributed by atoms with E-state index in [1.807, 2.05) is 0 Å². The Labute approximate surface area is 69.5 Å². The second-order valence-corrected chi connectivity index (χ2v) is 2.33. The zero-order valence-electron chi connectivity index (χ0n) is 6.42. The van der Waals surface area contributed by atoms with Gasteiger partial charge in [0.15, 0.2) is 0 Å². The fraction of sp³-hybridized carbons (Fsp3) is 0.833. The van der Waals surface area contributed by atoms with E-state index in [9.17, 15) is 4.79 Å². The van der Waals surface area contributed by atoms with E-state index in [2.05, 4.69) is 5.32 Å². The lowest BCUT2D eigenvalue weighted by Crippen LogP contribution is -2.44. The monoisotopic (exact) mass is 179 g/mol. The predicted octanol–water partition coefficient (Wildman–Crippen LogP) is -3.19. The summed E-state index contributed by atoms with van der Waals surface area (Å²) in [5.74, 6) is 0. The number of nitrogens with one attached hydrogen (secondary N) is 1. The number of carbonyl (C=O) groups excluding carboxylic acids is 1. The summed E-state index contributed by atoms with van der Waals surface area (Å²) in [5, 5.41) is 37.3. The summed E-state index contributed by atoms with van der Waals surface area (Å²) >= 11 is 0. The highest BCUT2D eigenvalue weighted by Crippen LogP contribution is 1.98. The fourth-order valence-electron chi connectivity index (χ4n) is 0.654. The van der Waals surface area contributed by atoms with Crippen LogP contribution in [0.2, 0.25) is 0 Å². The Kier molecular flexibility index (Phi) is 5.56. The summed E-state index contributed by atoms with van der Waals surface area (Å²) < 4.78 is 0. The van der Waals surface area contributed by atoms with Crippen LogP contribution in [0, 0.1) is 0 Å². The topological polar surface area (TPSA) is 110 Å². The van der Waals surface area contributed by atoms with Crippen molar-refractivity contribution < 1.29 is 25.2 Å².